The lowest BCUT2D eigenvalue weighted by molar-refractivity contribution is -0.131. The van der Waals surface area contributed by atoms with Crippen LogP contribution in [0.5, 0.6) is 0 Å². The number of carbonyl (C=O) groups excluding carboxylic acids is 1. The number of sulfone groups is 1. The Morgan fingerprint density at radius 2 is 1.95 bits per heavy atom. The normalized spacial score (nSPS) is 25.9. The van der Waals surface area contributed by atoms with E-state index in [1.54, 1.807) is 30.3 Å². The van der Waals surface area contributed by atoms with E-state index in [2.05, 4.69) is 6.58 Å². The average Bonchev–Trinajstić information content (AvgIpc) is 2.49. The summed E-state index contributed by atoms with van der Waals surface area (Å²) in [5.41, 5.74) is 0.528. The van der Waals surface area contributed by atoms with Crippen molar-refractivity contribution >= 4 is 15.6 Å². The highest BCUT2D eigenvalue weighted by atomic mass is 32.2. The van der Waals surface area contributed by atoms with E-state index in [1.165, 1.54) is 0 Å². The van der Waals surface area contributed by atoms with Crippen LogP contribution >= 0.6 is 0 Å². The van der Waals surface area contributed by atoms with E-state index in [0.717, 1.165) is 18.4 Å². The molecule has 0 N–H and O–H groups in total. The Balaban J connectivity index is 2.05. The third-order valence-electron chi connectivity index (χ3n) is 4.87. The lowest BCUT2D eigenvalue weighted by Gasteiger charge is -2.36. The van der Waals surface area contributed by atoms with Crippen LogP contribution in [0.3, 0.4) is 0 Å². The predicted octanol–water partition coefficient (Wildman–Crippen LogP) is 3.80. The van der Waals surface area contributed by atoms with Crippen molar-refractivity contribution in [3.63, 3.8) is 0 Å². The highest BCUT2D eigenvalue weighted by molar-refractivity contribution is 7.91. The van der Waals surface area contributed by atoms with Crippen molar-refractivity contribution in [1.82, 2.24) is 0 Å². The van der Waals surface area contributed by atoms with Gasteiger partial charge in [0.2, 0.25) is 0 Å². The van der Waals surface area contributed by atoms with Crippen molar-refractivity contribution in [2.75, 3.05) is 5.75 Å². The third-order valence-corrected chi connectivity index (χ3v) is 6.60. The van der Waals surface area contributed by atoms with Crippen LogP contribution in [0.1, 0.15) is 39.5 Å². The summed E-state index contributed by atoms with van der Waals surface area (Å²) in [7, 11) is -3.32. The molecule has 0 saturated heterocycles. The van der Waals surface area contributed by atoms with Crippen LogP contribution in [0.2, 0.25) is 0 Å². The van der Waals surface area contributed by atoms with Crippen molar-refractivity contribution in [3.05, 3.63) is 42.5 Å². The molecule has 0 unspecified atom stereocenters. The largest absolute Gasteiger partial charge is 0.299 e. The van der Waals surface area contributed by atoms with Crippen molar-refractivity contribution in [3.8, 4) is 0 Å². The molecule has 0 heterocycles. The Morgan fingerprint density at radius 1 is 1.32 bits per heavy atom. The van der Waals surface area contributed by atoms with E-state index in [1.807, 2.05) is 13.8 Å². The summed E-state index contributed by atoms with van der Waals surface area (Å²) in [6.45, 7) is 7.80. The van der Waals surface area contributed by atoms with Gasteiger partial charge in [-0.25, -0.2) is 8.42 Å². The summed E-state index contributed by atoms with van der Waals surface area (Å²) in [5, 5.41) is 0. The van der Waals surface area contributed by atoms with Gasteiger partial charge in [0.05, 0.1) is 10.6 Å². The van der Waals surface area contributed by atoms with E-state index >= 15 is 0 Å². The second-order valence-corrected chi connectivity index (χ2v) is 8.76. The molecule has 4 heteroatoms. The SMILES string of the molecule is C=C(C)[C@@H]1CC[C@@](C)(CCS(=O)(=O)c2ccccc2)C(=O)C1. The summed E-state index contributed by atoms with van der Waals surface area (Å²) in [4.78, 5) is 12.8. The van der Waals surface area contributed by atoms with Crippen LogP contribution in [0.25, 0.3) is 0 Å². The molecule has 0 spiro atoms. The van der Waals surface area contributed by atoms with Gasteiger partial charge in [0.15, 0.2) is 9.84 Å². The molecule has 1 aromatic carbocycles. The van der Waals surface area contributed by atoms with Crippen LogP contribution < -0.4 is 0 Å². The molecule has 1 aliphatic carbocycles. The molecular weight excluding hydrogens is 296 g/mol. The van der Waals surface area contributed by atoms with Crippen LogP contribution in [0, 0.1) is 11.3 Å². The number of ketones is 1. The van der Waals surface area contributed by atoms with Gasteiger partial charge in [-0.1, -0.05) is 37.3 Å². The molecule has 0 radical (unpaired) electrons. The average molecular weight is 320 g/mol. The van der Waals surface area contributed by atoms with Gasteiger partial charge < -0.3 is 0 Å². The van der Waals surface area contributed by atoms with Gasteiger partial charge in [0.1, 0.15) is 5.78 Å². The lowest BCUT2D eigenvalue weighted by Crippen LogP contribution is -2.36. The molecular formula is C18H24O3S. The molecule has 1 aromatic rings. The summed E-state index contributed by atoms with van der Waals surface area (Å²) in [5.74, 6) is 0.457. The number of carbonyl (C=O) groups is 1. The van der Waals surface area contributed by atoms with Gasteiger partial charge in [-0.2, -0.15) is 0 Å². The minimum absolute atomic E-state index is 0.0248. The summed E-state index contributed by atoms with van der Waals surface area (Å²) < 4.78 is 24.7. The van der Waals surface area contributed by atoms with Gasteiger partial charge in [-0.05, 0) is 44.2 Å². The Bertz CT molecular complexity index is 661. The van der Waals surface area contributed by atoms with Crippen molar-refractivity contribution in [2.24, 2.45) is 11.3 Å². The first kappa shape index (κ1) is 16.9. The predicted molar refractivity (Wildman–Crippen MR) is 88.4 cm³/mol. The molecule has 1 fully saturated rings. The Kier molecular flexibility index (Phi) is 4.90. The first-order valence-corrected chi connectivity index (χ1v) is 9.36. The van der Waals surface area contributed by atoms with E-state index in [-0.39, 0.29) is 17.5 Å². The quantitative estimate of drug-likeness (QED) is 0.775. The van der Waals surface area contributed by atoms with E-state index in [4.69, 9.17) is 0 Å². The first-order valence-electron chi connectivity index (χ1n) is 7.71. The van der Waals surface area contributed by atoms with Crippen LogP contribution in [-0.4, -0.2) is 20.0 Å². The van der Waals surface area contributed by atoms with E-state index in [9.17, 15) is 13.2 Å². The Hall–Kier alpha value is -1.42. The summed E-state index contributed by atoms with van der Waals surface area (Å²) >= 11 is 0. The molecule has 0 aromatic heterocycles. The van der Waals surface area contributed by atoms with Gasteiger partial charge in [0.25, 0.3) is 0 Å². The third kappa shape index (κ3) is 3.67. The Labute approximate surface area is 133 Å². The maximum Gasteiger partial charge on any atom is 0.178 e. The maximum absolute atomic E-state index is 12.4. The number of rotatable bonds is 5. The smallest absolute Gasteiger partial charge is 0.178 e. The van der Waals surface area contributed by atoms with Gasteiger partial charge in [0, 0.05) is 11.8 Å². The number of Topliss-reactive ketones (excluding diaryl/α,β-unsaturated/α-hetero) is 1. The molecule has 2 rings (SSSR count). The fraction of sp³-hybridized carbons (Fsp3) is 0.500. The molecule has 120 valence electrons. The molecule has 1 aliphatic rings. The second-order valence-electron chi connectivity index (χ2n) is 6.65. The zero-order valence-electron chi connectivity index (χ0n) is 13.3. The molecule has 0 aliphatic heterocycles. The molecule has 2 atom stereocenters. The number of hydrogen-bond donors (Lipinski definition) is 0. The lowest BCUT2D eigenvalue weighted by atomic mass is 9.68. The van der Waals surface area contributed by atoms with Crippen molar-refractivity contribution in [2.45, 2.75) is 44.4 Å². The van der Waals surface area contributed by atoms with Crippen LogP contribution in [-0.2, 0) is 14.6 Å². The molecule has 0 amide bonds. The number of allylic oxidation sites excluding steroid dienone is 1. The van der Waals surface area contributed by atoms with Gasteiger partial charge in [-0.15, -0.1) is 0 Å². The summed E-state index contributed by atoms with van der Waals surface area (Å²) in [6.07, 6.45) is 2.56. The fourth-order valence-electron chi connectivity index (χ4n) is 2.99. The monoisotopic (exact) mass is 320 g/mol. The molecule has 22 heavy (non-hydrogen) atoms. The second kappa shape index (κ2) is 6.37. The molecule has 0 bridgehead atoms. The number of hydrogen-bond acceptors (Lipinski definition) is 3. The zero-order valence-corrected chi connectivity index (χ0v) is 14.2. The standard InChI is InChI=1S/C18H24O3S/c1-14(2)15-9-10-18(3,17(19)13-15)11-12-22(20,21)16-7-5-4-6-8-16/h4-8,15H,1,9-13H2,2-3H3/t15-,18+/m1/s1. The highest BCUT2D eigenvalue weighted by Gasteiger charge is 2.39. The van der Waals surface area contributed by atoms with Gasteiger partial charge in [-0.3, -0.25) is 4.79 Å². The minimum Gasteiger partial charge on any atom is -0.299 e. The molecule has 1 saturated carbocycles. The fourth-order valence-corrected chi connectivity index (χ4v) is 4.52. The van der Waals surface area contributed by atoms with E-state index < -0.39 is 15.3 Å². The van der Waals surface area contributed by atoms with Gasteiger partial charge >= 0.3 is 0 Å². The van der Waals surface area contributed by atoms with Crippen LogP contribution in [0.4, 0.5) is 0 Å². The van der Waals surface area contributed by atoms with Crippen molar-refractivity contribution in [1.29, 1.82) is 0 Å². The summed E-state index contributed by atoms with van der Waals surface area (Å²) in [6, 6.07) is 8.45. The highest BCUT2D eigenvalue weighted by Crippen LogP contribution is 2.41. The minimum atomic E-state index is -3.32. The van der Waals surface area contributed by atoms with E-state index in [0.29, 0.717) is 17.7 Å². The van der Waals surface area contributed by atoms with Crippen molar-refractivity contribution < 1.29 is 13.2 Å². The first-order chi connectivity index (χ1) is 10.2. The Morgan fingerprint density at radius 3 is 2.50 bits per heavy atom. The number of benzene rings is 1. The van der Waals surface area contributed by atoms with Crippen LogP contribution in [0.15, 0.2) is 47.4 Å². The molecule has 3 nitrogen and oxygen atoms in total. The zero-order chi connectivity index (χ0) is 16.4. The maximum atomic E-state index is 12.4. The topological polar surface area (TPSA) is 51.2 Å².